The van der Waals surface area contributed by atoms with Crippen molar-refractivity contribution in [3.8, 4) is 0 Å². The van der Waals surface area contributed by atoms with Crippen LogP contribution < -0.4 is 10.6 Å². The van der Waals surface area contributed by atoms with Crippen molar-refractivity contribution in [3.05, 3.63) is 83.8 Å². The quantitative estimate of drug-likeness (QED) is 0.667. The van der Waals surface area contributed by atoms with Crippen molar-refractivity contribution >= 4 is 17.4 Å². The van der Waals surface area contributed by atoms with Gasteiger partial charge in [-0.15, -0.1) is 0 Å². The monoisotopic (exact) mass is 374 g/mol. The summed E-state index contributed by atoms with van der Waals surface area (Å²) in [5, 5.41) is 6.08. The van der Waals surface area contributed by atoms with Gasteiger partial charge in [0.25, 0.3) is 5.91 Å². The summed E-state index contributed by atoms with van der Waals surface area (Å²) in [5.41, 5.74) is 3.81. The minimum Gasteiger partial charge on any atom is -0.350 e. The van der Waals surface area contributed by atoms with Crippen LogP contribution in [-0.4, -0.2) is 22.4 Å². The molecular formula is C23H26N4O. The highest BCUT2D eigenvalue weighted by Crippen LogP contribution is 2.24. The third kappa shape index (κ3) is 5.39. The molecule has 0 atom stereocenters. The Kier molecular flexibility index (Phi) is 6.04. The zero-order valence-electron chi connectivity index (χ0n) is 16.6. The third-order valence-corrected chi connectivity index (χ3v) is 4.45. The average Bonchev–Trinajstić information content (AvgIpc) is 2.69. The second-order valence-corrected chi connectivity index (χ2v) is 7.73. The number of carbonyl (C=O) groups is 1. The number of benzene rings is 2. The SMILES string of the molecule is CC(C)(C)c1ccc(Nc2cnc(C(=O)NCCc3ccccc3)cn2)cc1. The van der Waals surface area contributed by atoms with E-state index in [2.05, 4.69) is 53.5 Å². The summed E-state index contributed by atoms with van der Waals surface area (Å²) in [4.78, 5) is 20.7. The first-order valence-corrected chi connectivity index (χ1v) is 9.43. The molecule has 2 N–H and O–H groups in total. The largest absolute Gasteiger partial charge is 0.350 e. The van der Waals surface area contributed by atoms with Crippen LogP contribution in [0.15, 0.2) is 67.0 Å². The predicted molar refractivity (Wildman–Crippen MR) is 113 cm³/mol. The van der Waals surface area contributed by atoms with Crippen LogP contribution >= 0.6 is 0 Å². The van der Waals surface area contributed by atoms with E-state index in [0.717, 1.165) is 12.1 Å². The van der Waals surface area contributed by atoms with Gasteiger partial charge in [0.2, 0.25) is 0 Å². The van der Waals surface area contributed by atoms with Crippen molar-refractivity contribution in [2.45, 2.75) is 32.6 Å². The summed E-state index contributed by atoms with van der Waals surface area (Å²) in [6.07, 6.45) is 3.84. The zero-order chi connectivity index (χ0) is 20.0. The zero-order valence-corrected chi connectivity index (χ0v) is 16.6. The molecule has 5 heteroatoms. The number of anilines is 2. The maximum absolute atomic E-state index is 12.2. The lowest BCUT2D eigenvalue weighted by Gasteiger charge is -2.19. The highest BCUT2D eigenvalue weighted by atomic mass is 16.1. The number of carbonyl (C=O) groups excluding carboxylic acids is 1. The molecule has 0 radical (unpaired) electrons. The van der Waals surface area contributed by atoms with Crippen LogP contribution in [0.5, 0.6) is 0 Å². The topological polar surface area (TPSA) is 66.9 Å². The molecule has 0 saturated heterocycles. The van der Waals surface area contributed by atoms with Crippen LogP contribution in [0.2, 0.25) is 0 Å². The van der Waals surface area contributed by atoms with Gasteiger partial charge in [0.15, 0.2) is 0 Å². The molecule has 1 heterocycles. The molecule has 28 heavy (non-hydrogen) atoms. The van der Waals surface area contributed by atoms with E-state index < -0.39 is 0 Å². The van der Waals surface area contributed by atoms with Gasteiger partial charge >= 0.3 is 0 Å². The van der Waals surface area contributed by atoms with Crippen LogP contribution in [-0.2, 0) is 11.8 Å². The van der Waals surface area contributed by atoms with E-state index >= 15 is 0 Å². The first kappa shape index (κ1) is 19.5. The highest BCUT2D eigenvalue weighted by molar-refractivity contribution is 5.92. The standard InChI is InChI=1S/C23H26N4O/c1-23(2,3)18-9-11-19(12-10-18)27-21-16-25-20(15-26-21)22(28)24-14-13-17-7-5-4-6-8-17/h4-12,15-16H,13-14H2,1-3H3,(H,24,28)(H,26,27). The summed E-state index contributed by atoms with van der Waals surface area (Å²) in [7, 11) is 0. The minimum absolute atomic E-state index is 0.119. The Morgan fingerprint density at radius 1 is 0.929 bits per heavy atom. The molecule has 0 aliphatic heterocycles. The summed E-state index contributed by atoms with van der Waals surface area (Å²) in [5.74, 6) is 0.383. The summed E-state index contributed by atoms with van der Waals surface area (Å²) < 4.78 is 0. The number of nitrogens with zero attached hydrogens (tertiary/aromatic N) is 2. The van der Waals surface area contributed by atoms with E-state index in [0.29, 0.717) is 18.1 Å². The molecule has 0 saturated carbocycles. The molecule has 5 nitrogen and oxygen atoms in total. The summed E-state index contributed by atoms with van der Waals surface area (Å²) >= 11 is 0. The highest BCUT2D eigenvalue weighted by Gasteiger charge is 2.13. The smallest absolute Gasteiger partial charge is 0.271 e. The molecule has 0 spiro atoms. The van der Waals surface area contributed by atoms with E-state index in [1.165, 1.54) is 17.3 Å². The van der Waals surface area contributed by atoms with E-state index in [1.807, 2.05) is 42.5 Å². The molecule has 0 fully saturated rings. The molecule has 0 aliphatic carbocycles. The van der Waals surface area contributed by atoms with Crippen LogP contribution in [0.25, 0.3) is 0 Å². The fourth-order valence-electron chi connectivity index (χ4n) is 2.77. The van der Waals surface area contributed by atoms with Gasteiger partial charge in [-0.25, -0.2) is 9.97 Å². The molecule has 3 rings (SSSR count). The first-order chi connectivity index (χ1) is 13.4. The molecule has 0 aliphatic rings. The van der Waals surface area contributed by atoms with Crippen LogP contribution in [0, 0.1) is 0 Å². The van der Waals surface area contributed by atoms with Gasteiger partial charge < -0.3 is 10.6 Å². The number of nitrogens with one attached hydrogen (secondary N) is 2. The second kappa shape index (κ2) is 8.65. The van der Waals surface area contributed by atoms with Crippen molar-refractivity contribution in [2.75, 3.05) is 11.9 Å². The summed E-state index contributed by atoms with van der Waals surface area (Å²) in [6, 6.07) is 18.3. The number of aromatic nitrogens is 2. The van der Waals surface area contributed by atoms with Crippen LogP contribution in [0.1, 0.15) is 42.4 Å². The Morgan fingerprint density at radius 3 is 2.25 bits per heavy atom. The Balaban J connectivity index is 1.53. The molecule has 1 amide bonds. The fraction of sp³-hybridized carbons (Fsp3) is 0.261. The molecule has 3 aromatic rings. The van der Waals surface area contributed by atoms with E-state index in [9.17, 15) is 4.79 Å². The fourth-order valence-corrected chi connectivity index (χ4v) is 2.77. The van der Waals surface area contributed by atoms with E-state index in [-0.39, 0.29) is 11.3 Å². The lowest BCUT2D eigenvalue weighted by Crippen LogP contribution is -2.26. The summed E-state index contributed by atoms with van der Waals surface area (Å²) in [6.45, 7) is 7.12. The average molecular weight is 374 g/mol. The van der Waals surface area contributed by atoms with Gasteiger partial charge in [-0.05, 0) is 35.1 Å². The van der Waals surface area contributed by atoms with Gasteiger partial charge in [-0.3, -0.25) is 4.79 Å². The molecule has 144 valence electrons. The van der Waals surface area contributed by atoms with Gasteiger partial charge in [0, 0.05) is 12.2 Å². The maximum atomic E-state index is 12.2. The normalized spacial score (nSPS) is 11.1. The van der Waals surface area contributed by atoms with Crippen molar-refractivity contribution < 1.29 is 4.79 Å². The molecule has 1 aromatic heterocycles. The third-order valence-electron chi connectivity index (χ3n) is 4.45. The Labute approximate surface area is 166 Å². The van der Waals surface area contributed by atoms with E-state index in [4.69, 9.17) is 0 Å². The van der Waals surface area contributed by atoms with Gasteiger partial charge in [-0.1, -0.05) is 63.2 Å². The lowest BCUT2D eigenvalue weighted by molar-refractivity contribution is 0.0949. The molecule has 2 aromatic carbocycles. The van der Waals surface area contributed by atoms with E-state index in [1.54, 1.807) is 6.20 Å². The number of rotatable bonds is 6. The van der Waals surface area contributed by atoms with Crippen molar-refractivity contribution in [1.29, 1.82) is 0 Å². The van der Waals surface area contributed by atoms with Crippen LogP contribution in [0.3, 0.4) is 0 Å². The first-order valence-electron chi connectivity index (χ1n) is 9.43. The van der Waals surface area contributed by atoms with Crippen molar-refractivity contribution in [1.82, 2.24) is 15.3 Å². The molecule has 0 unspecified atom stereocenters. The number of hydrogen-bond acceptors (Lipinski definition) is 4. The second-order valence-electron chi connectivity index (χ2n) is 7.73. The lowest BCUT2D eigenvalue weighted by atomic mass is 9.87. The van der Waals surface area contributed by atoms with Crippen molar-refractivity contribution in [2.24, 2.45) is 0 Å². The van der Waals surface area contributed by atoms with Gasteiger partial charge in [0.05, 0.1) is 12.4 Å². The van der Waals surface area contributed by atoms with Crippen LogP contribution in [0.4, 0.5) is 11.5 Å². The Morgan fingerprint density at radius 2 is 1.64 bits per heavy atom. The predicted octanol–water partition coefficient (Wildman–Crippen LogP) is 4.49. The minimum atomic E-state index is -0.218. The number of amides is 1. The maximum Gasteiger partial charge on any atom is 0.271 e. The Bertz CT molecular complexity index is 898. The van der Waals surface area contributed by atoms with Gasteiger partial charge in [0.1, 0.15) is 11.5 Å². The van der Waals surface area contributed by atoms with Crippen molar-refractivity contribution in [3.63, 3.8) is 0 Å². The Hall–Kier alpha value is -3.21. The molecule has 0 bridgehead atoms. The molecular weight excluding hydrogens is 348 g/mol. The van der Waals surface area contributed by atoms with Gasteiger partial charge in [-0.2, -0.15) is 0 Å². The number of hydrogen-bond donors (Lipinski definition) is 2.